The number of benzene rings is 1. The summed E-state index contributed by atoms with van der Waals surface area (Å²) >= 11 is 0. The number of aryl methyl sites for hydroxylation is 1. The molecule has 4 rings (SSSR count). The average Bonchev–Trinajstić information content (AvgIpc) is 3.02. The molecule has 1 aromatic heterocycles. The largest absolute Gasteiger partial charge is 0.493 e. The lowest BCUT2D eigenvalue weighted by Gasteiger charge is -2.43. The minimum atomic E-state index is -0.0232. The van der Waals surface area contributed by atoms with Crippen molar-refractivity contribution in [1.82, 2.24) is 9.80 Å². The molecule has 0 saturated carbocycles. The second-order valence-corrected chi connectivity index (χ2v) is 7.17. The van der Waals surface area contributed by atoms with Gasteiger partial charge in [-0.05, 0) is 38.4 Å². The molecule has 0 radical (unpaired) electrons. The van der Waals surface area contributed by atoms with E-state index in [0.29, 0.717) is 28.9 Å². The third-order valence-electron chi connectivity index (χ3n) is 5.77. The van der Waals surface area contributed by atoms with Gasteiger partial charge in [0.25, 0.3) is 5.91 Å². The van der Waals surface area contributed by atoms with E-state index in [1.54, 1.807) is 14.2 Å². The predicted molar refractivity (Wildman–Crippen MR) is 99.2 cm³/mol. The van der Waals surface area contributed by atoms with E-state index < -0.39 is 0 Å². The molecule has 6 nitrogen and oxygen atoms in total. The van der Waals surface area contributed by atoms with Crippen LogP contribution in [0.3, 0.4) is 0 Å². The molecule has 1 aromatic carbocycles. The van der Waals surface area contributed by atoms with E-state index in [2.05, 4.69) is 4.90 Å². The van der Waals surface area contributed by atoms with E-state index in [-0.39, 0.29) is 5.91 Å². The number of methoxy groups -OCH3 is 2. The molecule has 2 aliphatic rings. The van der Waals surface area contributed by atoms with Crippen molar-refractivity contribution in [3.05, 3.63) is 23.5 Å². The predicted octanol–water partition coefficient (Wildman–Crippen LogP) is 3.07. The molecule has 140 valence electrons. The molecule has 0 N–H and O–H groups in total. The van der Waals surface area contributed by atoms with E-state index in [4.69, 9.17) is 13.9 Å². The Bertz CT molecular complexity index is 829. The maximum atomic E-state index is 13.2. The highest BCUT2D eigenvalue weighted by Gasteiger charge is 2.33. The molecule has 2 fully saturated rings. The average molecular weight is 358 g/mol. The van der Waals surface area contributed by atoms with Gasteiger partial charge in [0.05, 0.1) is 14.2 Å². The summed E-state index contributed by atoms with van der Waals surface area (Å²) in [6.45, 7) is 5.59. The third-order valence-corrected chi connectivity index (χ3v) is 5.77. The van der Waals surface area contributed by atoms with E-state index in [9.17, 15) is 4.79 Å². The Morgan fingerprint density at radius 2 is 2.00 bits per heavy atom. The van der Waals surface area contributed by atoms with E-state index in [0.717, 1.165) is 37.1 Å². The van der Waals surface area contributed by atoms with Crippen molar-refractivity contribution in [2.24, 2.45) is 0 Å². The summed E-state index contributed by atoms with van der Waals surface area (Å²) in [5.74, 6) is 1.52. The summed E-state index contributed by atoms with van der Waals surface area (Å²) in [6.07, 6.45) is 3.70. The number of piperazine rings is 1. The number of furan rings is 1. The van der Waals surface area contributed by atoms with Gasteiger partial charge in [-0.15, -0.1) is 0 Å². The summed E-state index contributed by atoms with van der Waals surface area (Å²) in [5.41, 5.74) is 1.43. The summed E-state index contributed by atoms with van der Waals surface area (Å²) < 4.78 is 16.8. The van der Waals surface area contributed by atoms with Crippen LogP contribution in [0.2, 0.25) is 0 Å². The lowest BCUT2D eigenvalue weighted by atomic mass is 9.99. The number of rotatable bonds is 3. The van der Waals surface area contributed by atoms with E-state index in [1.165, 1.54) is 19.3 Å². The first-order chi connectivity index (χ1) is 12.6. The molecule has 2 aromatic rings. The minimum Gasteiger partial charge on any atom is -0.493 e. The molecular weight excluding hydrogens is 332 g/mol. The highest BCUT2D eigenvalue weighted by Crippen LogP contribution is 2.39. The van der Waals surface area contributed by atoms with Crippen molar-refractivity contribution in [1.29, 1.82) is 0 Å². The number of hydrogen-bond donors (Lipinski definition) is 0. The molecule has 2 saturated heterocycles. The summed E-state index contributed by atoms with van der Waals surface area (Å²) in [7, 11) is 3.17. The topological polar surface area (TPSA) is 55.2 Å². The van der Waals surface area contributed by atoms with E-state index >= 15 is 0 Å². The Labute approximate surface area is 153 Å². The Morgan fingerprint density at radius 3 is 2.77 bits per heavy atom. The van der Waals surface area contributed by atoms with Gasteiger partial charge in [-0.1, -0.05) is 6.42 Å². The van der Waals surface area contributed by atoms with Crippen LogP contribution in [0, 0.1) is 6.92 Å². The Hall–Kier alpha value is -2.21. The fourth-order valence-corrected chi connectivity index (χ4v) is 4.28. The first-order valence-electron chi connectivity index (χ1n) is 9.31. The number of ether oxygens (including phenoxy) is 2. The van der Waals surface area contributed by atoms with Crippen LogP contribution in [0.15, 0.2) is 16.5 Å². The summed E-state index contributed by atoms with van der Waals surface area (Å²) in [6, 6.07) is 4.25. The molecule has 1 amide bonds. The standard InChI is InChI=1S/C20H26N2O4/c1-13-15-7-8-16(24-2)19(25-3)18(15)26-17(13)20(23)22-11-10-21-9-5-4-6-14(21)12-22/h7-8,14H,4-6,9-12H2,1-3H3. The molecule has 1 atom stereocenters. The number of amides is 1. The minimum absolute atomic E-state index is 0.0232. The van der Waals surface area contributed by atoms with Gasteiger partial charge in [-0.3, -0.25) is 9.69 Å². The van der Waals surface area contributed by atoms with Gasteiger partial charge in [-0.2, -0.15) is 0 Å². The second-order valence-electron chi connectivity index (χ2n) is 7.17. The third kappa shape index (κ3) is 2.72. The van der Waals surface area contributed by atoms with Crippen molar-refractivity contribution in [3.63, 3.8) is 0 Å². The molecule has 2 aliphatic heterocycles. The van der Waals surface area contributed by atoms with Crippen LogP contribution in [0.4, 0.5) is 0 Å². The Morgan fingerprint density at radius 1 is 1.15 bits per heavy atom. The number of nitrogens with zero attached hydrogens (tertiary/aromatic N) is 2. The van der Waals surface area contributed by atoms with Crippen LogP contribution < -0.4 is 9.47 Å². The van der Waals surface area contributed by atoms with E-state index in [1.807, 2.05) is 24.0 Å². The van der Waals surface area contributed by atoms with Gasteiger partial charge >= 0.3 is 0 Å². The quantitative estimate of drug-likeness (QED) is 0.844. The number of fused-ring (bicyclic) bond motifs is 2. The molecule has 0 bridgehead atoms. The highest BCUT2D eigenvalue weighted by molar-refractivity contribution is 6.00. The van der Waals surface area contributed by atoms with Crippen LogP contribution in [-0.4, -0.2) is 62.1 Å². The number of hydrogen-bond acceptors (Lipinski definition) is 5. The molecule has 0 spiro atoms. The number of carbonyl (C=O) groups is 1. The molecule has 1 unspecified atom stereocenters. The van der Waals surface area contributed by atoms with Crippen LogP contribution >= 0.6 is 0 Å². The normalized spacial score (nSPS) is 20.9. The van der Waals surface area contributed by atoms with Crippen molar-refractivity contribution >= 4 is 16.9 Å². The van der Waals surface area contributed by atoms with Crippen molar-refractivity contribution < 1.29 is 18.7 Å². The van der Waals surface area contributed by atoms with Crippen LogP contribution in [-0.2, 0) is 0 Å². The van der Waals surface area contributed by atoms with Crippen LogP contribution in [0.1, 0.15) is 35.4 Å². The number of carbonyl (C=O) groups excluding carboxylic acids is 1. The van der Waals surface area contributed by atoms with Gasteiger partial charge in [-0.25, -0.2) is 0 Å². The lowest BCUT2D eigenvalue weighted by molar-refractivity contribution is 0.0351. The van der Waals surface area contributed by atoms with Crippen LogP contribution in [0.5, 0.6) is 11.5 Å². The van der Waals surface area contributed by atoms with Crippen LogP contribution in [0.25, 0.3) is 11.0 Å². The van der Waals surface area contributed by atoms with Gasteiger partial charge in [0.1, 0.15) is 0 Å². The zero-order chi connectivity index (χ0) is 18.3. The smallest absolute Gasteiger partial charge is 0.289 e. The van der Waals surface area contributed by atoms with Crippen molar-refractivity contribution in [2.45, 2.75) is 32.2 Å². The van der Waals surface area contributed by atoms with Crippen molar-refractivity contribution in [2.75, 3.05) is 40.4 Å². The number of piperidine rings is 1. The van der Waals surface area contributed by atoms with Gasteiger partial charge < -0.3 is 18.8 Å². The molecule has 3 heterocycles. The molecular formula is C20H26N2O4. The second kappa shape index (κ2) is 6.83. The maximum absolute atomic E-state index is 13.2. The maximum Gasteiger partial charge on any atom is 0.289 e. The van der Waals surface area contributed by atoms with Gasteiger partial charge in [0.15, 0.2) is 17.1 Å². The monoisotopic (exact) mass is 358 g/mol. The fourth-order valence-electron chi connectivity index (χ4n) is 4.28. The van der Waals surface area contributed by atoms with Crippen molar-refractivity contribution in [3.8, 4) is 11.5 Å². The fraction of sp³-hybridized carbons (Fsp3) is 0.550. The Balaban J connectivity index is 1.65. The lowest BCUT2D eigenvalue weighted by Crippen LogP contribution is -2.56. The summed E-state index contributed by atoms with van der Waals surface area (Å²) in [5, 5.41) is 0.891. The SMILES string of the molecule is COc1ccc2c(C)c(C(=O)N3CCN4CCCCC4C3)oc2c1OC. The molecule has 6 heteroatoms. The summed E-state index contributed by atoms with van der Waals surface area (Å²) in [4.78, 5) is 17.6. The van der Waals surface area contributed by atoms with Gasteiger partial charge in [0, 0.05) is 36.6 Å². The first-order valence-corrected chi connectivity index (χ1v) is 9.31. The molecule has 0 aliphatic carbocycles. The zero-order valence-corrected chi connectivity index (χ0v) is 15.7. The zero-order valence-electron chi connectivity index (χ0n) is 15.7. The van der Waals surface area contributed by atoms with Gasteiger partial charge in [0.2, 0.25) is 5.75 Å². The first kappa shape index (κ1) is 17.2. The molecule has 26 heavy (non-hydrogen) atoms. The highest BCUT2D eigenvalue weighted by atomic mass is 16.5. The Kier molecular flexibility index (Phi) is 4.53.